The zero-order valence-corrected chi connectivity index (χ0v) is 9.71. The summed E-state index contributed by atoms with van der Waals surface area (Å²) in [6.45, 7) is 0. The second kappa shape index (κ2) is 4.14. The predicted molar refractivity (Wildman–Crippen MR) is 70.4 cm³/mol. The fourth-order valence-corrected chi connectivity index (χ4v) is 2.44. The summed E-state index contributed by atoms with van der Waals surface area (Å²) < 4.78 is 0. The quantitative estimate of drug-likeness (QED) is 0.619. The molecule has 0 bridgehead atoms. The molecule has 3 N–H and O–H groups in total. The van der Waals surface area contributed by atoms with Gasteiger partial charge in [-0.1, -0.05) is 12.1 Å². The fourth-order valence-electron chi connectivity index (χ4n) is 2.44. The third kappa shape index (κ3) is 1.62. The molecule has 4 heteroatoms. The van der Waals surface area contributed by atoms with Gasteiger partial charge in [0.05, 0.1) is 17.7 Å². The van der Waals surface area contributed by atoms with Crippen LogP contribution >= 0.6 is 0 Å². The molecule has 0 radical (unpaired) electrons. The number of fused-ring (bicyclic) bond motifs is 1. The number of pyridine rings is 1. The zero-order valence-electron chi connectivity index (χ0n) is 9.71. The molecule has 0 fully saturated rings. The molecule has 0 spiro atoms. The summed E-state index contributed by atoms with van der Waals surface area (Å²) in [5.74, 6) is -0.0423. The van der Waals surface area contributed by atoms with E-state index in [4.69, 9.17) is 5.73 Å². The SMILES string of the molecule is Nc1ccc2c(c1)NC(C=O)C2c1ccccn1. The molecular weight excluding hydrogens is 226 g/mol. The van der Waals surface area contributed by atoms with Gasteiger partial charge in [0.15, 0.2) is 0 Å². The van der Waals surface area contributed by atoms with Crippen LogP contribution < -0.4 is 11.1 Å². The molecule has 0 saturated carbocycles. The number of rotatable bonds is 2. The van der Waals surface area contributed by atoms with Crippen molar-refractivity contribution >= 4 is 17.7 Å². The molecule has 1 aliphatic heterocycles. The average molecular weight is 239 g/mol. The maximum Gasteiger partial charge on any atom is 0.143 e. The van der Waals surface area contributed by atoms with E-state index in [1.54, 1.807) is 6.20 Å². The molecule has 2 atom stereocenters. The highest BCUT2D eigenvalue weighted by Crippen LogP contribution is 2.39. The first-order chi connectivity index (χ1) is 8.79. The molecule has 0 saturated heterocycles. The van der Waals surface area contributed by atoms with Crippen molar-refractivity contribution in [3.8, 4) is 0 Å². The van der Waals surface area contributed by atoms with Gasteiger partial charge in [-0.05, 0) is 29.8 Å². The van der Waals surface area contributed by atoms with Crippen molar-refractivity contribution in [1.29, 1.82) is 0 Å². The standard InChI is InChI=1S/C14H13N3O/c15-9-4-5-10-12(7-9)17-13(8-18)14(10)11-3-1-2-6-16-11/h1-8,13-14,17H,15H2. The molecule has 1 aliphatic rings. The van der Waals surface area contributed by atoms with E-state index in [0.717, 1.165) is 23.2 Å². The van der Waals surface area contributed by atoms with Gasteiger partial charge >= 0.3 is 0 Å². The highest BCUT2D eigenvalue weighted by molar-refractivity contribution is 5.77. The van der Waals surface area contributed by atoms with Crippen LogP contribution in [0, 0.1) is 0 Å². The Balaban J connectivity index is 2.11. The number of nitrogens with one attached hydrogen (secondary N) is 1. The van der Waals surface area contributed by atoms with E-state index in [2.05, 4.69) is 10.3 Å². The average Bonchev–Trinajstić information content (AvgIpc) is 2.77. The lowest BCUT2D eigenvalue weighted by Gasteiger charge is -2.14. The van der Waals surface area contributed by atoms with Crippen LogP contribution in [0.15, 0.2) is 42.6 Å². The Kier molecular flexibility index (Phi) is 2.48. The lowest BCUT2D eigenvalue weighted by atomic mass is 9.92. The van der Waals surface area contributed by atoms with E-state index in [0.29, 0.717) is 5.69 Å². The van der Waals surface area contributed by atoms with Gasteiger partial charge in [-0.3, -0.25) is 4.98 Å². The first kappa shape index (κ1) is 10.8. The Morgan fingerprint density at radius 1 is 1.28 bits per heavy atom. The zero-order chi connectivity index (χ0) is 12.5. The molecule has 2 heterocycles. The summed E-state index contributed by atoms with van der Waals surface area (Å²) in [6.07, 6.45) is 2.67. The van der Waals surface area contributed by atoms with Gasteiger partial charge in [0.1, 0.15) is 6.29 Å². The van der Waals surface area contributed by atoms with Gasteiger partial charge in [0.2, 0.25) is 0 Å². The predicted octanol–water partition coefficient (Wildman–Crippen LogP) is 1.79. The molecule has 2 unspecified atom stereocenters. The summed E-state index contributed by atoms with van der Waals surface area (Å²) >= 11 is 0. The third-order valence-electron chi connectivity index (χ3n) is 3.25. The number of nitrogens with two attached hydrogens (primary N) is 1. The smallest absolute Gasteiger partial charge is 0.143 e. The van der Waals surface area contributed by atoms with Crippen molar-refractivity contribution in [3.05, 3.63) is 53.9 Å². The third-order valence-corrected chi connectivity index (χ3v) is 3.25. The van der Waals surface area contributed by atoms with E-state index in [1.165, 1.54) is 0 Å². The topological polar surface area (TPSA) is 68.0 Å². The summed E-state index contributed by atoms with van der Waals surface area (Å²) in [7, 11) is 0. The van der Waals surface area contributed by atoms with Crippen LogP contribution in [0.5, 0.6) is 0 Å². The van der Waals surface area contributed by atoms with Gasteiger partial charge in [-0.15, -0.1) is 0 Å². The van der Waals surface area contributed by atoms with Crippen LogP contribution in [0.1, 0.15) is 17.2 Å². The minimum absolute atomic E-state index is 0.0423. The molecule has 0 amide bonds. The molecule has 1 aromatic heterocycles. The van der Waals surface area contributed by atoms with E-state index < -0.39 is 0 Å². The maximum absolute atomic E-state index is 11.2. The molecule has 18 heavy (non-hydrogen) atoms. The highest BCUT2D eigenvalue weighted by atomic mass is 16.1. The summed E-state index contributed by atoms with van der Waals surface area (Å²) in [6, 6.07) is 11.1. The van der Waals surface area contributed by atoms with Crippen molar-refractivity contribution in [2.45, 2.75) is 12.0 Å². The number of aldehydes is 1. The molecular formula is C14H13N3O. The molecule has 3 rings (SSSR count). The van der Waals surface area contributed by atoms with Gasteiger partial charge in [-0.2, -0.15) is 0 Å². The van der Waals surface area contributed by atoms with E-state index in [-0.39, 0.29) is 12.0 Å². The Labute approximate surface area is 105 Å². The van der Waals surface area contributed by atoms with Crippen molar-refractivity contribution in [2.75, 3.05) is 11.1 Å². The van der Waals surface area contributed by atoms with Crippen LogP contribution in [0.2, 0.25) is 0 Å². The molecule has 4 nitrogen and oxygen atoms in total. The Hall–Kier alpha value is -2.36. The van der Waals surface area contributed by atoms with E-state index >= 15 is 0 Å². The Morgan fingerprint density at radius 2 is 2.17 bits per heavy atom. The van der Waals surface area contributed by atoms with Crippen LogP contribution in [0.25, 0.3) is 0 Å². The van der Waals surface area contributed by atoms with Crippen LogP contribution in [0.3, 0.4) is 0 Å². The first-order valence-electron chi connectivity index (χ1n) is 5.82. The van der Waals surface area contributed by atoms with Crippen molar-refractivity contribution in [3.63, 3.8) is 0 Å². The summed E-state index contributed by atoms with van der Waals surface area (Å²) in [5, 5.41) is 3.19. The number of nitrogens with zero attached hydrogens (tertiary/aromatic N) is 1. The molecule has 1 aromatic carbocycles. The fraction of sp³-hybridized carbons (Fsp3) is 0.143. The normalized spacial score (nSPS) is 21.1. The number of hydrogen-bond donors (Lipinski definition) is 2. The van der Waals surface area contributed by atoms with Crippen LogP contribution in [0.4, 0.5) is 11.4 Å². The van der Waals surface area contributed by atoms with Crippen molar-refractivity contribution in [2.24, 2.45) is 0 Å². The number of hydrogen-bond acceptors (Lipinski definition) is 4. The number of anilines is 2. The number of carbonyl (C=O) groups is 1. The summed E-state index contributed by atoms with van der Waals surface area (Å²) in [5.41, 5.74) is 9.33. The molecule has 0 aliphatic carbocycles. The highest BCUT2D eigenvalue weighted by Gasteiger charge is 2.33. The van der Waals surface area contributed by atoms with Crippen LogP contribution in [-0.4, -0.2) is 17.3 Å². The van der Waals surface area contributed by atoms with Crippen molar-refractivity contribution < 1.29 is 4.79 Å². The minimum Gasteiger partial charge on any atom is -0.399 e. The maximum atomic E-state index is 11.2. The largest absolute Gasteiger partial charge is 0.399 e. The first-order valence-corrected chi connectivity index (χ1v) is 5.82. The second-order valence-electron chi connectivity index (χ2n) is 4.39. The van der Waals surface area contributed by atoms with E-state index in [1.807, 2.05) is 36.4 Å². The van der Waals surface area contributed by atoms with E-state index in [9.17, 15) is 4.79 Å². The lowest BCUT2D eigenvalue weighted by Crippen LogP contribution is -2.23. The Bertz CT molecular complexity index is 583. The van der Waals surface area contributed by atoms with Gasteiger partial charge < -0.3 is 15.8 Å². The minimum atomic E-state index is -0.281. The number of aromatic nitrogens is 1. The second-order valence-corrected chi connectivity index (χ2v) is 4.39. The number of benzene rings is 1. The number of nitrogen functional groups attached to an aromatic ring is 1. The molecule has 90 valence electrons. The van der Waals surface area contributed by atoms with Crippen LogP contribution in [-0.2, 0) is 4.79 Å². The van der Waals surface area contributed by atoms with Gasteiger partial charge in [-0.25, -0.2) is 0 Å². The number of carbonyl (C=O) groups excluding carboxylic acids is 1. The Morgan fingerprint density at radius 3 is 2.89 bits per heavy atom. The van der Waals surface area contributed by atoms with Gasteiger partial charge in [0.25, 0.3) is 0 Å². The lowest BCUT2D eigenvalue weighted by molar-refractivity contribution is -0.108. The molecule has 2 aromatic rings. The monoisotopic (exact) mass is 239 g/mol. The summed E-state index contributed by atoms with van der Waals surface area (Å²) in [4.78, 5) is 15.6. The van der Waals surface area contributed by atoms with Crippen molar-refractivity contribution in [1.82, 2.24) is 4.98 Å². The van der Waals surface area contributed by atoms with Gasteiger partial charge in [0, 0.05) is 17.6 Å².